The summed E-state index contributed by atoms with van der Waals surface area (Å²) in [6, 6.07) is 7.32. The summed E-state index contributed by atoms with van der Waals surface area (Å²) in [6.07, 6.45) is 4.59. The number of hydrogen-bond donors (Lipinski definition) is 2. The van der Waals surface area contributed by atoms with Crippen LogP contribution in [0.1, 0.15) is 52.0 Å². The van der Waals surface area contributed by atoms with E-state index in [2.05, 4.69) is 41.3 Å². The number of guanidine groups is 1. The Hall–Kier alpha value is -0.890. The minimum atomic E-state index is -0.173. The Bertz CT molecular complexity index is 568. The largest absolute Gasteiger partial charge is 0.356 e. The third-order valence-electron chi connectivity index (χ3n) is 5.52. The van der Waals surface area contributed by atoms with Crippen molar-refractivity contribution in [3.8, 4) is 0 Å². The summed E-state index contributed by atoms with van der Waals surface area (Å²) in [4.78, 5) is 6.82. The molecule has 4 nitrogen and oxygen atoms in total. The standard InChI is InChI=1S/C21H35FN4.HI/c1-5-26(6-2)15-7-8-17(3)25-20(23-4)24-16-21(13-14-21)18-9-11-19(22)12-10-18;/h9-12,17H,5-8,13-16H2,1-4H3,(H2,23,24,25);1H. The zero-order chi connectivity index (χ0) is 19.0. The van der Waals surface area contributed by atoms with E-state index in [1.807, 2.05) is 19.2 Å². The first kappa shape index (κ1) is 24.1. The molecule has 0 spiro atoms. The molecule has 0 bridgehead atoms. The molecule has 0 aromatic heterocycles. The van der Waals surface area contributed by atoms with Crippen molar-refractivity contribution in [2.24, 2.45) is 4.99 Å². The summed E-state index contributed by atoms with van der Waals surface area (Å²) in [6.45, 7) is 10.9. The van der Waals surface area contributed by atoms with Crippen molar-refractivity contribution >= 4 is 29.9 Å². The third kappa shape index (κ3) is 7.56. The minimum Gasteiger partial charge on any atom is -0.356 e. The van der Waals surface area contributed by atoms with Crippen molar-refractivity contribution < 1.29 is 4.39 Å². The number of nitrogens with zero attached hydrogens (tertiary/aromatic N) is 2. The summed E-state index contributed by atoms with van der Waals surface area (Å²) in [5, 5.41) is 6.97. The lowest BCUT2D eigenvalue weighted by Crippen LogP contribution is -2.45. The van der Waals surface area contributed by atoms with Crippen LogP contribution in [-0.4, -0.2) is 50.1 Å². The van der Waals surface area contributed by atoms with Crippen LogP contribution in [0.2, 0.25) is 0 Å². The molecule has 1 unspecified atom stereocenters. The molecule has 2 rings (SSSR count). The highest BCUT2D eigenvalue weighted by Crippen LogP contribution is 2.47. The molecule has 1 aromatic carbocycles. The monoisotopic (exact) mass is 490 g/mol. The minimum absolute atomic E-state index is 0. The second-order valence-corrected chi connectivity index (χ2v) is 7.43. The highest BCUT2D eigenvalue weighted by Gasteiger charge is 2.44. The van der Waals surface area contributed by atoms with Crippen LogP contribution in [0.4, 0.5) is 4.39 Å². The molecule has 1 saturated carbocycles. The predicted molar refractivity (Wildman–Crippen MR) is 124 cm³/mol. The van der Waals surface area contributed by atoms with Crippen LogP contribution in [0, 0.1) is 5.82 Å². The topological polar surface area (TPSA) is 39.7 Å². The molecule has 0 amide bonds. The van der Waals surface area contributed by atoms with Gasteiger partial charge in [0.15, 0.2) is 5.96 Å². The van der Waals surface area contributed by atoms with Crippen molar-refractivity contribution in [3.05, 3.63) is 35.6 Å². The van der Waals surface area contributed by atoms with Crippen molar-refractivity contribution in [2.45, 2.75) is 57.9 Å². The van der Waals surface area contributed by atoms with Gasteiger partial charge in [0.05, 0.1) is 0 Å². The molecular formula is C21H36FIN4. The zero-order valence-electron chi connectivity index (χ0n) is 17.2. The van der Waals surface area contributed by atoms with Crippen LogP contribution in [0.5, 0.6) is 0 Å². The summed E-state index contributed by atoms with van der Waals surface area (Å²) in [5.41, 5.74) is 1.35. The maximum absolute atomic E-state index is 13.2. The fraction of sp³-hybridized carbons (Fsp3) is 0.667. The lowest BCUT2D eigenvalue weighted by atomic mass is 9.96. The number of hydrogen-bond acceptors (Lipinski definition) is 2. The van der Waals surface area contributed by atoms with E-state index >= 15 is 0 Å². The van der Waals surface area contributed by atoms with Gasteiger partial charge in [-0.15, -0.1) is 24.0 Å². The Balaban J connectivity index is 0.00000364. The van der Waals surface area contributed by atoms with Crippen LogP contribution in [-0.2, 0) is 5.41 Å². The molecule has 27 heavy (non-hydrogen) atoms. The van der Waals surface area contributed by atoms with Crippen LogP contribution < -0.4 is 10.6 Å². The zero-order valence-corrected chi connectivity index (χ0v) is 19.6. The molecule has 1 atom stereocenters. The Labute approximate surface area is 181 Å². The number of aliphatic imine (C=N–C) groups is 1. The average molecular weight is 490 g/mol. The first-order valence-corrected chi connectivity index (χ1v) is 9.98. The molecule has 0 saturated heterocycles. The second kappa shape index (κ2) is 11.8. The van der Waals surface area contributed by atoms with Gasteiger partial charge in [0.1, 0.15) is 5.82 Å². The average Bonchev–Trinajstić information content (AvgIpc) is 3.44. The predicted octanol–water partition coefficient (Wildman–Crippen LogP) is 4.15. The molecule has 0 aliphatic heterocycles. The molecule has 1 fully saturated rings. The second-order valence-electron chi connectivity index (χ2n) is 7.43. The quantitative estimate of drug-likeness (QED) is 0.294. The summed E-state index contributed by atoms with van der Waals surface area (Å²) in [7, 11) is 1.81. The molecule has 0 radical (unpaired) electrons. The molecule has 154 valence electrons. The molecule has 1 aliphatic rings. The third-order valence-corrected chi connectivity index (χ3v) is 5.52. The molecule has 6 heteroatoms. The Morgan fingerprint density at radius 3 is 2.37 bits per heavy atom. The molecular weight excluding hydrogens is 454 g/mol. The number of benzene rings is 1. The van der Waals surface area contributed by atoms with E-state index in [0.717, 1.165) is 51.4 Å². The van der Waals surface area contributed by atoms with E-state index in [1.165, 1.54) is 12.0 Å². The van der Waals surface area contributed by atoms with Crippen molar-refractivity contribution in [1.29, 1.82) is 0 Å². The van der Waals surface area contributed by atoms with Gasteiger partial charge in [-0.05, 0) is 69.9 Å². The van der Waals surface area contributed by atoms with E-state index < -0.39 is 0 Å². The molecule has 0 heterocycles. The van der Waals surface area contributed by atoms with Crippen molar-refractivity contribution in [1.82, 2.24) is 15.5 Å². The molecule has 2 N–H and O–H groups in total. The van der Waals surface area contributed by atoms with Gasteiger partial charge in [-0.25, -0.2) is 4.39 Å². The highest BCUT2D eigenvalue weighted by atomic mass is 127. The van der Waals surface area contributed by atoms with Crippen molar-refractivity contribution in [2.75, 3.05) is 33.2 Å². The van der Waals surface area contributed by atoms with Gasteiger partial charge in [0.25, 0.3) is 0 Å². The van der Waals surface area contributed by atoms with Gasteiger partial charge >= 0.3 is 0 Å². The van der Waals surface area contributed by atoms with Crippen LogP contribution >= 0.6 is 24.0 Å². The van der Waals surface area contributed by atoms with Crippen LogP contribution in [0.15, 0.2) is 29.3 Å². The lowest BCUT2D eigenvalue weighted by Gasteiger charge is -2.23. The first-order chi connectivity index (χ1) is 12.5. The maximum atomic E-state index is 13.2. The van der Waals surface area contributed by atoms with Gasteiger partial charge in [0.2, 0.25) is 0 Å². The van der Waals surface area contributed by atoms with Gasteiger partial charge in [-0.3, -0.25) is 4.99 Å². The maximum Gasteiger partial charge on any atom is 0.191 e. The normalized spacial score (nSPS) is 16.6. The summed E-state index contributed by atoms with van der Waals surface area (Å²) >= 11 is 0. The van der Waals surface area contributed by atoms with E-state index in [9.17, 15) is 4.39 Å². The Morgan fingerprint density at radius 2 is 1.85 bits per heavy atom. The highest BCUT2D eigenvalue weighted by molar-refractivity contribution is 14.0. The van der Waals surface area contributed by atoms with Crippen molar-refractivity contribution in [3.63, 3.8) is 0 Å². The number of nitrogens with one attached hydrogen (secondary N) is 2. The van der Waals surface area contributed by atoms with E-state index in [0.29, 0.717) is 6.04 Å². The Morgan fingerprint density at radius 1 is 1.22 bits per heavy atom. The summed E-state index contributed by atoms with van der Waals surface area (Å²) in [5.74, 6) is 0.683. The fourth-order valence-corrected chi connectivity index (χ4v) is 3.44. The van der Waals surface area contributed by atoms with E-state index in [1.54, 1.807) is 12.1 Å². The fourth-order valence-electron chi connectivity index (χ4n) is 3.44. The van der Waals surface area contributed by atoms with Gasteiger partial charge in [-0.1, -0.05) is 26.0 Å². The smallest absolute Gasteiger partial charge is 0.191 e. The van der Waals surface area contributed by atoms with Gasteiger partial charge < -0.3 is 15.5 Å². The van der Waals surface area contributed by atoms with Crippen LogP contribution in [0.3, 0.4) is 0 Å². The summed E-state index contributed by atoms with van der Waals surface area (Å²) < 4.78 is 13.2. The number of halogens is 2. The Kier molecular flexibility index (Phi) is 10.6. The lowest BCUT2D eigenvalue weighted by molar-refractivity contribution is 0.292. The first-order valence-electron chi connectivity index (χ1n) is 9.98. The molecule has 1 aromatic rings. The van der Waals surface area contributed by atoms with Gasteiger partial charge in [-0.2, -0.15) is 0 Å². The van der Waals surface area contributed by atoms with E-state index in [4.69, 9.17) is 0 Å². The molecule has 1 aliphatic carbocycles. The van der Waals surface area contributed by atoms with Gasteiger partial charge in [0, 0.05) is 25.0 Å². The van der Waals surface area contributed by atoms with E-state index in [-0.39, 0.29) is 35.2 Å². The van der Waals surface area contributed by atoms with Crippen LogP contribution in [0.25, 0.3) is 0 Å². The number of rotatable bonds is 10. The SMILES string of the molecule is CCN(CC)CCCC(C)NC(=NC)NCC1(c2ccc(F)cc2)CC1.I.